The molecule has 1 unspecified atom stereocenters. The third kappa shape index (κ3) is 3.12. The molecule has 0 bridgehead atoms. The summed E-state index contributed by atoms with van der Waals surface area (Å²) in [6, 6.07) is 11.9. The van der Waals surface area contributed by atoms with Crippen molar-refractivity contribution < 1.29 is 4.74 Å². The minimum Gasteiger partial charge on any atom is -0.496 e. The van der Waals surface area contributed by atoms with E-state index in [2.05, 4.69) is 57.6 Å². The van der Waals surface area contributed by atoms with E-state index in [1.165, 1.54) is 9.13 Å². The number of hydrogen-bond donors (Lipinski definition) is 1. The molecule has 2 aromatic carbocycles. The summed E-state index contributed by atoms with van der Waals surface area (Å²) >= 11 is 5.83. The molecule has 2 aromatic rings. The van der Waals surface area contributed by atoms with Crippen LogP contribution in [0.5, 0.6) is 5.75 Å². The summed E-state index contributed by atoms with van der Waals surface area (Å²) < 4.78 is 7.61. The number of benzene rings is 2. The molecule has 1 atom stereocenters. The molecular weight excluding hydrogens is 417 g/mol. The van der Waals surface area contributed by atoms with Crippen LogP contribution in [0.15, 0.2) is 40.9 Å². The first-order valence-corrected chi connectivity index (χ1v) is 7.75. The van der Waals surface area contributed by atoms with E-state index in [0.29, 0.717) is 0 Å². The standard InChI is InChI=1S/C15H15BrINO/c1-9-4-3-5-11(14(9)17)15(18)12-8-10(16)6-7-13(12)19-2/h3-8,15H,18H2,1-2H3. The van der Waals surface area contributed by atoms with Crippen LogP contribution >= 0.6 is 38.5 Å². The Morgan fingerprint density at radius 2 is 1.95 bits per heavy atom. The lowest BCUT2D eigenvalue weighted by Gasteiger charge is -2.18. The Morgan fingerprint density at radius 1 is 1.21 bits per heavy atom. The third-order valence-corrected chi connectivity index (χ3v) is 5.05. The second kappa shape index (κ2) is 6.24. The molecule has 0 aliphatic heterocycles. The van der Waals surface area contributed by atoms with Crippen LogP contribution < -0.4 is 10.5 Å². The quantitative estimate of drug-likeness (QED) is 0.730. The van der Waals surface area contributed by atoms with Crippen LogP contribution in [0.3, 0.4) is 0 Å². The van der Waals surface area contributed by atoms with Gasteiger partial charge in [0.15, 0.2) is 0 Å². The van der Waals surface area contributed by atoms with Gasteiger partial charge in [-0.25, -0.2) is 0 Å². The van der Waals surface area contributed by atoms with Crippen molar-refractivity contribution in [2.24, 2.45) is 5.73 Å². The number of nitrogens with two attached hydrogens (primary N) is 1. The summed E-state index contributed by atoms with van der Waals surface area (Å²) in [6.45, 7) is 2.09. The lowest BCUT2D eigenvalue weighted by molar-refractivity contribution is 0.407. The number of methoxy groups -OCH3 is 1. The largest absolute Gasteiger partial charge is 0.496 e. The first-order chi connectivity index (χ1) is 9.04. The molecule has 4 heteroatoms. The highest BCUT2D eigenvalue weighted by molar-refractivity contribution is 14.1. The molecule has 2 N–H and O–H groups in total. The maximum Gasteiger partial charge on any atom is 0.124 e. The Balaban J connectivity index is 2.52. The molecule has 0 spiro atoms. The van der Waals surface area contributed by atoms with Crippen molar-refractivity contribution in [2.45, 2.75) is 13.0 Å². The van der Waals surface area contributed by atoms with Crippen molar-refractivity contribution in [1.29, 1.82) is 0 Å². The molecule has 19 heavy (non-hydrogen) atoms. The minimum atomic E-state index is -0.195. The molecule has 0 saturated carbocycles. The summed E-state index contributed by atoms with van der Waals surface area (Å²) in [6.07, 6.45) is 0. The van der Waals surface area contributed by atoms with E-state index in [1.807, 2.05) is 24.3 Å². The van der Waals surface area contributed by atoms with Gasteiger partial charge in [-0.05, 0) is 58.8 Å². The topological polar surface area (TPSA) is 35.2 Å². The van der Waals surface area contributed by atoms with E-state index in [9.17, 15) is 0 Å². The first kappa shape index (κ1) is 14.8. The fourth-order valence-electron chi connectivity index (χ4n) is 2.03. The van der Waals surface area contributed by atoms with Gasteiger partial charge in [-0.2, -0.15) is 0 Å². The first-order valence-electron chi connectivity index (χ1n) is 5.88. The van der Waals surface area contributed by atoms with Crippen molar-refractivity contribution in [3.8, 4) is 5.75 Å². The second-order valence-corrected chi connectivity index (χ2v) is 6.34. The number of rotatable bonds is 3. The smallest absolute Gasteiger partial charge is 0.124 e. The van der Waals surface area contributed by atoms with Crippen LogP contribution in [0.25, 0.3) is 0 Å². The highest BCUT2D eigenvalue weighted by Crippen LogP contribution is 2.33. The maximum atomic E-state index is 6.43. The van der Waals surface area contributed by atoms with Gasteiger partial charge in [0.05, 0.1) is 13.2 Å². The number of ether oxygens (including phenoxy) is 1. The van der Waals surface area contributed by atoms with Crippen LogP contribution in [0, 0.1) is 10.5 Å². The lowest BCUT2D eigenvalue weighted by Crippen LogP contribution is -2.15. The van der Waals surface area contributed by atoms with E-state index in [0.717, 1.165) is 21.3 Å². The summed E-state index contributed by atoms with van der Waals surface area (Å²) in [5.74, 6) is 0.813. The predicted molar refractivity (Wildman–Crippen MR) is 90.6 cm³/mol. The van der Waals surface area contributed by atoms with Crippen LogP contribution in [0.1, 0.15) is 22.7 Å². The molecule has 2 rings (SSSR count). The second-order valence-electron chi connectivity index (χ2n) is 4.34. The van der Waals surface area contributed by atoms with Crippen molar-refractivity contribution in [3.63, 3.8) is 0 Å². The van der Waals surface area contributed by atoms with Crippen LogP contribution in [0.4, 0.5) is 0 Å². The van der Waals surface area contributed by atoms with Crippen LogP contribution in [0.2, 0.25) is 0 Å². The zero-order valence-electron chi connectivity index (χ0n) is 10.8. The molecule has 0 fully saturated rings. The maximum absolute atomic E-state index is 6.43. The Bertz CT molecular complexity index is 601. The molecule has 0 aromatic heterocycles. The zero-order chi connectivity index (χ0) is 14.0. The number of aryl methyl sites for hydroxylation is 1. The van der Waals surface area contributed by atoms with Crippen molar-refractivity contribution in [2.75, 3.05) is 7.11 Å². The molecule has 2 nitrogen and oxygen atoms in total. The molecule has 0 radical (unpaired) electrons. The van der Waals surface area contributed by atoms with E-state index < -0.39 is 0 Å². The third-order valence-electron chi connectivity index (χ3n) is 3.08. The Kier molecular flexibility index (Phi) is 4.86. The van der Waals surface area contributed by atoms with Crippen LogP contribution in [-0.2, 0) is 0 Å². The van der Waals surface area contributed by atoms with Gasteiger partial charge in [0, 0.05) is 13.6 Å². The molecule has 0 aliphatic carbocycles. The molecule has 0 heterocycles. The number of hydrogen-bond acceptors (Lipinski definition) is 2. The Labute approximate surface area is 135 Å². The molecule has 100 valence electrons. The number of halogens is 2. The predicted octanol–water partition coefficient (Wildman–Crippen LogP) is 4.42. The van der Waals surface area contributed by atoms with Gasteiger partial charge < -0.3 is 10.5 Å². The van der Waals surface area contributed by atoms with E-state index in [-0.39, 0.29) is 6.04 Å². The van der Waals surface area contributed by atoms with E-state index in [1.54, 1.807) is 7.11 Å². The Morgan fingerprint density at radius 3 is 2.63 bits per heavy atom. The molecule has 0 aliphatic rings. The summed E-state index contributed by atoms with van der Waals surface area (Å²) in [4.78, 5) is 0. The monoisotopic (exact) mass is 431 g/mol. The van der Waals surface area contributed by atoms with Gasteiger partial charge in [-0.15, -0.1) is 0 Å². The summed E-state index contributed by atoms with van der Waals surface area (Å²) in [5.41, 5.74) is 9.77. The van der Waals surface area contributed by atoms with Crippen molar-refractivity contribution >= 4 is 38.5 Å². The lowest BCUT2D eigenvalue weighted by atomic mass is 9.97. The normalized spacial score (nSPS) is 12.3. The fraction of sp³-hybridized carbons (Fsp3) is 0.200. The summed E-state index contributed by atoms with van der Waals surface area (Å²) in [5, 5.41) is 0. The highest BCUT2D eigenvalue weighted by Gasteiger charge is 2.17. The van der Waals surface area contributed by atoms with Crippen LogP contribution in [-0.4, -0.2) is 7.11 Å². The molecular formula is C15H15BrINO. The minimum absolute atomic E-state index is 0.195. The highest BCUT2D eigenvalue weighted by atomic mass is 127. The van der Waals surface area contributed by atoms with Gasteiger partial charge in [0.2, 0.25) is 0 Å². The Hall–Kier alpha value is -0.590. The van der Waals surface area contributed by atoms with Crippen molar-refractivity contribution in [3.05, 3.63) is 61.1 Å². The molecule has 0 saturated heterocycles. The van der Waals surface area contributed by atoms with Gasteiger partial charge in [-0.1, -0.05) is 34.1 Å². The SMILES string of the molecule is COc1ccc(Br)cc1C(N)c1cccc(C)c1I. The van der Waals surface area contributed by atoms with Crippen molar-refractivity contribution in [1.82, 2.24) is 0 Å². The van der Waals surface area contributed by atoms with E-state index >= 15 is 0 Å². The average molecular weight is 432 g/mol. The summed E-state index contributed by atoms with van der Waals surface area (Å²) in [7, 11) is 1.67. The zero-order valence-corrected chi connectivity index (χ0v) is 14.5. The fourth-order valence-corrected chi connectivity index (χ4v) is 3.10. The average Bonchev–Trinajstić information content (AvgIpc) is 2.41. The van der Waals surface area contributed by atoms with Gasteiger partial charge in [-0.3, -0.25) is 0 Å². The molecule has 0 amide bonds. The van der Waals surface area contributed by atoms with Gasteiger partial charge in [0.1, 0.15) is 5.75 Å². The van der Waals surface area contributed by atoms with E-state index in [4.69, 9.17) is 10.5 Å². The van der Waals surface area contributed by atoms with Gasteiger partial charge in [0.25, 0.3) is 0 Å². The van der Waals surface area contributed by atoms with Gasteiger partial charge >= 0.3 is 0 Å².